The highest BCUT2D eigenvalue weighted by Gasteiger charge is 2.37. The molecule has 0 aliphatic carbocycles. The van der Waals surface area contributed by atoms with Crippen LogP contribution in [0.2, 0.25) is 0 Å². The summed E-state index contributed by atoms with van der Waals surface area (Å²) in [5.74, 6) is 0.984. The summed E-state index contributed by atoms with van der Waals surface area (Å²) in [4.78, 5) is 0. The van der Waals surface area contributed by atoms with Gasteiger partial charge in [0.15, 0.2) is 0 Å². The molecule has 1 saturated heterocycles. The van der Waals surface area contributed by atoms with Crippen molar-refractivity contribution in [1.29, 1.82) is 0 Å². The molecule has 1 aliphatic rings. The van der Waals surface area contributed by atoms with E-state index in [9.17, 15) is 0 Å². The van der Waals surface area contributed by atoms with Gasteiger partial charge in [-0.3, -0.25) is 0 Å². The minimum absolute atomic E-state index is 0.149. The quantitative estimate of drug-likeness (QED) is 0.756. The van der Waals surface area contributed by atoms with Crippen molar-refractivity contribution in [2.45, 2.75) is 25.7 Å². The normalized spacial score (nSPS) is 18.3. The van der Waals surface area contributed by atoms with E-state index < -0.39 is 0 Å². The first kappa shape index (κ1) is 10.5. The Balaban J connectivity index is 2.41. The lowest BCUT2D eigenvalue weighted by molar-refractivity contribution is -0.0509. The molecule has 1 fully saturated rings. The van der Waals surface area contributed by atoms with Crippen molar-refractivity contribution in [2.75, 3.05) is 20.3 Å². The Bertz CT molecular complexity index is 354. The van der Waals surface area contributed by atoms with E-state index in [0.29, 0.717) is 0 Å². The van der Waals surface area contributed by atoms with Gasteiger partial charge in [-0.05, 0) is 18.1 Å². The first-order valence-electron chi connectivity index (χ1n) is 5.45. The Labute approximate surface area is 91.2 Å². The number of benzene rings is 1. The van der Waals surface area contributed by atoms with Crippen molar-refractivity contribution in [3.05, 3.63) is 29.3 Å². The van der Waals surface area contributed by atoms with Crippen LogP contribution < -0.4 is 4.74 Å². The summed E-state index contributed by atoms with van der Waals surface area (Å²) in [7, 11) is 1.73. The van der Waals surface area contributed by atoms with Crippen LogP contribution in [0.1, 0.15) is 25.0 Å². The minimum atomic E-state index is 0.149. The summed E-state index contributed by atoms with van der Waals surface area (Å²) in [6.07, 6.45) is 1.06. The van der Waals surface area contributed by atoms with Crippen LogP contribution in [0.4, 0.5) is 0 Å². The Kier molecular flexibility index (Phi) is 2.70. The van der Waals surface area contributed by atoms with Gasteiger partial charge in [0, 0.05) is 11.0 Å². The predicted octanol–water partition coefficient (Wildman–Crippen LogP) is 2.55. The molecule has 1 aliphatic heterocycles. The number of ether oxygens (including phenoxy) is 2. The van der Waals surface area contributed by atoms with Gasteiger partial charge < -0.3 is 9.47 Å². The number of hydrogen-bond acceptors (Lipinski definition) is 2. The van der Waals surface area contributed by atoms with E-state index in [1.807, 2.05) is 0 Å². The molecule has 0 N–H and O–H groups in total. The highest BCUT2D eigenvalue weighted by atomic mass is 16.5. The summed E-state index contributed by atoms with van der Waals surface area (Å²) in [5, 5.41) is 0. The second kappa shape index (κ2) is 3.86. The predicted molar refractivity (Wildman–Crippen MR) is 60.5 cm³/mol. The third kappa shape index (κ3) is 1.74. The summed E-state index contributed by atoms with van der Waals surface area (Å²) < 4.78 is 10.7. The molecule has 0 atom stereocenters. The van der Waals surface area contributed by atoms with Crippen molar-refractivity contribution in [2.24, 2.45) is 0 Å². The van der Waals surface area contributed by atoms with Crippen molar-refractivity contribution >= 4 is 0 Å². The van der Waals surface area contributed by atoms with Gasteiger partial charge in [-0.1, -0.05) is 26.0 Å². The molecular weight excluding hydrogens is 188 g/mol. The fourth-order valence-electron chi connectivity index (χ4n) is 2.01. The monoisotopic (exact) mass is 206 g/mol. The topological polar surface area (TPSA) is 18.5 Å². The van der Waals surface area contributed by atoms with Crippen LogP contribution in [0, 0.1) is 0 Å². The standard InChI is InChI=1S/C13H18O2/c1-4-10-5-6-12(14-3)11(7-10)13(2)8-15-9-13/h5-7H,4,8-9H2,1-3H3. The highest BCUT2D eigenvalue weighted by molar-refractivity contribution is 5.43. The lowest BCUT2D eigenvalue weighted by Gasteiger charge is -2.39. The minimum Gasteiger partial charge on any atom is -0.496 e. The van der Waals surface area contributed by atoms with Crippen LogP contribution in [0.25, 0.3) is 0 Å². The maximum atomic E-state index is 5.41. The van der Waals surface area contributed by atoms with Gasteiger partial charge in [-0.25, -0.2) is 0 Å². The van der Waals surface area contributed by atoms with Crippen LogP contribution in [0.5, 0.6) is 5.75 Å². The van der Waals surface area contributed by atoms with E-state index >= 15 is 0 Å². The summed E-state index contributed by atoms with van der Waals surface area (Å²) >= 11 is 0. The third-order valence-corrected chi connectivity index (χ3v) is 3.16. The number of hydrogen-bond donors (Lipinski definition) is 0. The van der Waals surface area contributed by atoms with Gasteiger partial charge in [0.25, 0.3) is 0 Å². The molecule has 15 heavy (non-hydrogen) atoms. The van der Waals surface area contributed by atoms with Gasteiger partial charge in [-0.2, -0.15) is 0 Å². The van der Waals surface area contributed by atoms with E-state index in [0.717, 1.165) is 25.4 Å². The van der Waals surface area contributed by atoms with Crippen LogP contribution in [0.15, 0.2) is 18.2 Å². The number of aryl methyl sites for hydroxylation is 1. The van der Waals surface area contributed by atoms with Gasteiger partial charge in [0.2, 0.25) is 0 Å². The molecule has 0 spiro atoms. The zero-order valence-electron chi connectivity index (χ0n) is 9.67. The van der Waals surface area contributed by atoms with Gasteiger partial charge in [0.1, 0.15) is 5.75 Å². The first-order chi connectivity index (χ1) is 7.19. The maximum absolute atomic E-state index is 5.41. The smallest absolute Gasteiger partial charge is 0.122 e. The molecule has 2 nitrogen and oxygen atoms in total. The van der Waals surface area contributed by atoms with Gasteiger partial charge in [0.05, 0.1) is 20.3 Å². The Morgan fingerprint density at radius 3 is 2.60 bits per heavy atom. The molecule has 0 unspecified atom stereocenters. The molecule has 0 amide bonds. The van der Waals surface area contributed by atoms with Crippen LogP contribution >= 0.6 is 0 Å². The molecule has 2 rings (SSSR count). The molecule has 0 radical (unpaired) electrons. The molecule has 0 aromatic heterocycles. The van der Waals surface area contributed by atoms with E-state index in [1.165, 1.54) is 11.1 Å². The molecule has 1 aromatic carbocycles. The lowest BCUT2D eigenvalue weighted by atomic mass is 9.79. The average Bonchev–Trinajstić information content (AvgIpc) is 2.25. The maximum Gasteiger partial charge on any atom is 0.122 e. The third-order valence-electron chi connectivity index (χ3n) is 3.16. The number of methoxy groups -OCH3 is 1. The molecule has 1 aromatic rings. The fourth-order valence-corrected chi connectivity index (χ4v) is 2.01. The second-order valence-corrected chi connectivity index (χ2v) is 4.44. The van der Waals surface area contributed by atoms with Crippen molar-refractivity contribution in [3.63, 3.8) is 0 Å². The van der Waals surface area contributed by atoms with Crippen molar-refractivity contribution in [3.8, 4) is 5.75 Å². The Morgan fingerprint density at radius 2 is 2.13 bits per heavy atom. The summed E-state index contributed by atoms with van der Waals surface area (Å²) in [6.45, 7) is 6.01. The molecule has 2 heteroatoms. The van der Waals surface area contributed by atoms with Crippen LogP contribution in [0.3, 0.4) is 0 Å². The largest absolute Gasteiger partial charge is 0.496 e. The summed E-state index contributed by atoms with van der Waals surface area (Å²) in [6, 6.07) is 6.45. The Morgan fingerprint density at radius 1 is 1.40 bits per heavy atom. The van der Waals surface area contributed by atoms with E-state index in [-0.39, 0.29) is 5.41 Å². The zero-order chi connectivity index (χ0) is 10.9. The van der Waals surface area contributed by atoms with Crippen molar-refractivity contribution in [1.82, 2.24) is 0 Å². The Hall–Kier alpha value is -1.02. The fraction of sp³-hybridized carbons (Fsp3) is 0.538. The highest BCUT2D eigenvalue weighted by Crippen LogP contribution is 2.38. The van der Waals surface area contributed by atoms with E-state index in [1.54, 1.807) is 7.11 Å². The van der Waals surface area contributed by atoms with Gasteiger partial charge >= 0.3 is 0 Å². The molecule has 1 heterocycles. The lowest BCUT2D eigenvalue weighted by Crippen LogP contribution is -2.44. The molecule has 0 saturated carbocycles. The number of rotatable bonds is 3. The summed E-state index contributed by atoms with van der Waals surface area (Å²) in [5.41, 5.74) is 2.80. The SMILES string of the molecule is CCc1ccc(OC)c(C2(C)COC2)c1. The first-order valence-corrected chi connectivity index (χ1v) is 5.45. The average molecular weight is 206 g/mol. The van der Waals surface area contributed by atoms with Crippen molar-refractivity contribution < 1.29 is 9.47 Å². The van der Waals surface area contributed by atoms with E-state index in [2.05, 4.69) is 32.0 Å². The van der Waals surface area contributed by atoms with Gasteiger partial charge in [-0.15, -0.1) is 0 Å². The van der Waals surface area contributed by atoms with E-state index in [4.69, 9.17) is 9.47 Å². The second-order valence-electron chi connectivity index (χ2n) is 4.44. The molecule has 82 valence electrons. The molecular formula is C13H18O2. The van der Waals surface area contributed by atoms with Crippen LogP contribution in [-0.2, 0) is 16.6 Å². The molecule has 0 bridgehead atoms. The van der Waals surface area contributed by atoms with Crippen LogP contribution in [-0.4, -0.2) is 20.3 Å². The zero-order valence-corrected chi connectivity index (χ0v) is 9.67.